The van der Waals surface area contributed by atoms with Crippen LogP contribution in [0.15, 0.2) is 41.2 Å². The Balaban J connectivity index is 1.79. The molecule has 1 aliphatic rings. The summed E-state index contributed by atoms with van der Waals surface area (Å²) < 4.78 is 59.3. The van der Waals surface area contributed by atoms with Crippen molar-refractivity contribution in [1.29, 1.82) is 0 Å². The van der Waals surface area contributed by atoms with Gasteiger partial charge in [-0.25, -0.2) is 9.07 Å². The Morgan fingerprint density at radius 2 is 1.70 bits per heavy atom. The van der Waals surface area contributed by atoms with Crippen molar-refractivity contribution in [2.75, 3.05) is 19.6 Å². The van der Waals surface area contributed by atoms with Crippen LogP contribution in [0.25, 0.3) is 11.1 Å². The molecule has 0 saturated carbocycles. The summed E-state index contributed by atoms with van der Waals surface area (Å²) in [5, 5.41) is 16.7. The third-order valence-electron chi connectivity index (χ3n) is 8.40. The molecule has 2 heterocycles. The van der Waals surface area contributed by atoms with Gasteiger partial charge in [-0.1, -0.05) is 32.0 Å². The van der Waals surface area contributed by atoms with Crippen molar-refractivity contribution in [3.05, 3.63) is 86.1 Å². The summed E-state index contributed by atoms with van der Waals surface area (Å²) >= 11 is 0. The molecule has 0 radical (unpaired) electrons. The van der Waals surface area contributed by atoms with Gasteiger partial charge in [-0.3, -0.25) is 14.4 Å². The van der Waals surface area contributed by atoms with Gasteiger partial charge < -0.3 is 15.3 Å². The normalized spacial score (nSPS) is 15.0. The van der Waals surface area contributed by atoms with Gasteiger partial charge in [-0.2, -0.15) is 18.3 Å². The average molecular weight is 645 g/mol. The van der Waals surface area contributed by atoms with Crippen LogP contribution in [0.1, 0.15) is 78.7 Å². The van der Waals surface area contributed by atoms with Crippen LogP contribution in [0.5, 0.6) is 0 Å². The average Bonchev–Trinajstić information content (AvgIpc) is 2.91. The predicted octanol–water partition coefficient (Wildman–Crippen LogP) is 6.16. The minimum absolute atomic E-state index is 0.0333. The molecule has 1 amide bonds. The van der Waals surface area contributed by atoms with Crippen molar-refractivity contribution >= 4 is 11.9 Å². The standard InChI is InChI=1S/C34H40F4N4O4/c1-19(2)14-28(42-29(43)15-22(5)26(40-42)10-13-41-11-7-12-41)33(46)39-27(18-30(44)45)24-16-23(17-25(32(24)35)34(36,37)38)31-20(3)8-6-9-21(31)4/h6,8-9,15-17,19,27-28H,7,10-14,18H2,1-5H3,(H,39,46)(H,44,45)/t27-,28-/m0/s1. The fourth-order valence-electron chi connectivity index (χ4n) is 5.90. The van der Waals surface area contributed by atoms with Gasteiger partial charge in [-0.15, -0.1) is 0 Å². The van der Waals surface area contributed by atoms with E-state index >= 15 is 4.39 Å². The SMILES string of the molecule is Cc1cc(=O)n([C@@H](CC(C)C)C(=O)N[C@@H](CC(=O)O)c2cc(-c3c(C)cccc3C)cc(C(F)(F)F)c2F)nc1CCN1CCC1. The number of aliphatic carboxylic acids is 1. The van der Waals surface area contributed by atoms with Crippen LogP contribution in [0.2, 0.25) is 0 Å². The number of hydrogen-bond donors (Lipinski definition) is 2. The maximum atomic E-state index is 15.8. The number of rotatable bonds is 12. The van der Waals surface area contributed by atoms with Crippen molar-refractivity contribution in [3.8, 4) is 11.1 Å². The highest BCUT2D eigenvalue weighted by Gasteiger charge is 2.38. The summed E-state index contributed by atoms with van der Waals surface area (Å²) in [4.78, 5) is 41.3. The van der Waals surface area contributed by atoms with Gasteiger partial charge in [-0.05, 0) is 92.6 Å². The highest BCUT2D eigenvalue weighted by atomic mass is 19.4. The first kappa shape index (κ1) is 34.8. The fourth-order valence-corrected chi connectivity index (χ4v) is 5.90. The second kappa shape index (κ2) is 14.1. The van der Waals surface area contributed by atoms with E-state index in [2.05, 4.69) is 15.3 Å². The number of hydrogen-bond acceptors (Lipinski definition) is 5. The Labute approximate surface area is 265 Å². The lowest BCUT2D eigenvalue weighted by molar-refractivity contribution is -0.140. The minimum Gasteiger partial charge on any atom is -0.481 e. The Bertz CT molecular complexity index is 1640. The van der Waals surface area contributed by atoms with E-state index in [1.54, 1.807) is 39.0 Å². The number of aromatic nitrogens is 2. The Morgan fingerprint density at radius 1 is 1.04 bits per heavy atom. The number of alkyl halides is 3. The number of carboxylic acid groups (broad SMARTS) is 1. The molecule has 0 unspecified atom stereocenters. The second-order valence-electron chi connectivity index (χ2n) is 12.5. The quantitative estimate of drug-likeness (QED) is 0.229. The predicted molar refractivity (Wildman–Crippen MR) is 166 cm³/mol. The van der Waals surface area contributed by atoms with E-state index in [0.29, 0.717) is 40.4 Å². The highest BCUT2D eigenvalue weighted by Crippen LogP contribution is 2.40. The zero-order chi connectivity index (χ0) is 33.9. The lowest BCUT2D eigenvalue weighted by Gasteiger charge is -2.30. The molecular formula is C34H40F4N4O4. The summed E-state index contributed by atoms with van der Waals surface area (Å²) in [5.41, 5.74) is 0.284. The van der Waals surface area contributed by atoms with E-state index in [-0.39, 0.29) is 17.9 Å². The summed E-state index contributed by atoms with van der Waals surface area (Å²) in [6, 6.07) is 5.49. The largest absolute Gasteiger partial charge is 0.481 e. The summed E-state index contributed by atoms with van der Waals surface area (Å²) in [6.07, 6.45) is -4.23. The van der Waals surface area contributed by atoms with Gasteiger partial charge in [0.15, 0.2) is 0 Å². The van der Waals surface area contributed by atoms with Gasteiger partial charge >= 0.3 is 12.1 Å². The van der Waals surface area contributed by atoms with Crippen LogP contribution < -0.4 is 10.9 Å². The van der Waals surface area contributed by atoms with Crippen molar-refractivity contribution in [2.24, 2.45) is 5.92 Å². The maximum absolute atomic E-state index is 15.8. The molecule has 3 aromatic rings. The van der Waals surface area contributed by atoms with Gasteiger partial charge in [0.25, 0.3) is 5.56 Å². The molecule has 46 heavy (non-hydrogen) atoms. The molecule has 2 aromatic carbocycles. The van der Waals surface area contributed by atoms with E-state index in [4.69, 9.17) is 0 Å². The number of carbonyl (C=O) groups excluding carboxylic acids is 1. The first-order chi connectivity index (χ1) is 21.6. The molecule has 0 bridgehead atoms. The van der Waals surface area contributed by atoms with Crippen LogP contribution in [-0.4, -0.2) is 51.3 Å². The molecule has 2 atom stereocenters. The van der Waals surface area contributed by atoms with Crippen LogP contribution >= 0.6 is 0 Å². The number of likely N-dealkylation sites (tertiary alicyclic amines) is 1. The molecule has 8 nitrogen and oxygen atoms in total. The molecule has 12 heteroatoms. The zero-order valence-electron chi connectivity index (χ0n) is 26.7. The Morgan fingerprint density at radius 3 is 2.24 bits per heavy atom. The number of nitrogens with zero attached hydrogens (tertiary/aromatic N) is 3. The number of carbonyl (C=O) groups is 2. The lowest BCUT2D eigenvalue weighted by Crippen LogP contribution is -2.42. The first-order valence-electron chi connectivity index (χ1n) is 15.4. The number of nitrogens with one attached hydrogen (secondary N) is 1. The molecule has 2 N–H and O–H groups in total. The van der Waals surface area contributed by atoms with E-state index in [9.17, 15) is 32.7 Å². The second-order valence-corrected chi connectivity index (χ2v) is 12.5. The van der Waals surface area contributed by atoms with Crippen molar-refractivity contribution in [3.63, 3.8) is 0 Å². The summed E-state index contributed by atoms with van der Waals surface area (Å²) in [7, 11) is 0. The van der Waals surface area contributed by atoms with Gasteiger partial charge in [0, 0.05) is 24.6 Å². The molecule has 1 saturated heterocycles. The molecule has 1 aromatic heterocycles. The first-order valence-corrected chi connectivity index (χ1v) is 15.4. The molecule has 1 fully saturated rings. The Kier molecular flexibility index (Phi) is 10.7. The summed E-state index contributed by atoms with van der Waals surface area (Å²) in [5.74, 6) is -4.12. The third-order valence-corrected chi connectivity index (χ3v) is 8.40. The van der Waals surface area contributed by atoms with Crippen molar-refractivity contribution in [1.82, 2.24) is 20.0 Å². The molecule has 1 aliphatic heterocycles. The molecule has 4 rings (SSSR count). The minimum atomic E-state index is -5.10. The highest BCUT2D eigenvalue weighted by molar-refractivity contribution is 5.82. The number of amides is 1. The fraction of sp³-hybridized carbons (Fsp3) is 0.471. The molecule has 0 aliphatic carbocycles. The number of halogens is 4. The Hall–Kier alpha value is -4.06. The number of carboxylic acids is 1. The van der Waals surface area contributed by atoms with Gasteiger partial charge in [0.2, 0.25) is 5.91 Å². The van der Waals surface area contributed by atoms with Crippen molar-refractivity contribution < 1.29 is 32.3 Å². The summed E-state index contributed by atoms with van der Waals surface area (Å²) in [6.45, 7) is 11.5. The van der Waals surface area contributed by atoms with Crippen LogP contribution in [0, 0.1) is 32.5 Å². The van der Waals surface area contributed by atoms with Gasteiger partial charge in [0.05, 0.1) is 23.7 Å². The van der Waals surface area contributed by atoms with Crippen molar-refractivity contribution in [2.45, 2.75) is 78.6 Å². The lowest BCUT2D eigenvalue weighted by atomic mass is 9.90. The number of aryl methyl sites for hydroxylation is 3. The third kappa shape index (κ3) is 8.01. The van der Waals surface area contributed by atoms with E-state index in [1.165, 1.54) is 6.07 Å². The van der Waals surface area contributed by atoms with Crippen LogP contribution in [0.3, 0.4) is 0 Å². The van der Waals surface area contributed by atoms with Crippen LogP contribution in [0.4, 0.5) is 17.6 Å². The van der Waals surface area contributed by atoms with E-state index in [1.807, 2.05) is 13.8 Å². The van der Waals surface area contributed by atoms with Crippen LogP contribution in [-0.2, 0) is 22.2 Å². The molecule has 248 valence electrons. The zero-order valence-corrected chi connectivity index (χ0v) is 26.7. The maximum Gasteiger partial charge on any atom is 0.419 e. The van der Waals surface area contributed by atoms with Gasteiger partial charge in [0.1, 0.15) is 11.9 Å². The van der Waals surface area contributed by atoms with E-state index < -0.39 is 59.1 Å². The monoisotopic (exact) mass is 644 g/mol. The topological polar surface area (TPSA) is 105 Å². The molecular weight excluding hydrogens is 604 g/mol. The number of benzene rings is 2. The van der Waals surface area contributed by atoms with E-state index in [0.717, 1.165) is 36.8 Å². The smallest absolute Gasteiger partial charge is 0.419 e. The molecule has 0 spiro atoms.